The molecule has 0 radical (unpaired) electrons. The fraction of sp³-hybridized carbons (Fsp3) is 0.167. The summed E-state index contributed by atoms with van der Waals surface area (Å²) in [5, 5.41) is 2.52. The first-order valence-corrected chi connectivity index (χ1v) is 9.89. The molecular formula is C18H15ClN2O3S2. The second-order valence-corrected chi connectivity index (χ2v) is 7.61. The third-order valence-electron chi connectivity index (χ3n) is 3.38. The van der Waals surface area contributed by atoms with Crippen LogP contribution in [0.1, 0.15) is 11.8 Å². The molecule has 0 saturated carbocycles. The zero-order chi connectivity index (χ0) is 18.5. The van der Waals surface area contributed by atoms with Crippen molar-refractivity contribution in [3.63, 3.8) is 0 Å². The van der Waals surface area contributed by atoms with Crippen molar-refractivity contribution in [1.82, 2.24) is 4.57 Å². The number of thiazole rings is 1. The van der Waals surface area contributed by atoms with Crippen LogP contribution in [0, 0.1) is 0 Å². The summed E-state index contributed by atoms with van der Waals surface area (Å²) in [7, 11) is 0. The molecular weight excluding hydrogens is 392 g/mol. The molecule has 1 aromatic carbocycles. The van der Waals surface area contributed by atoms with Gasteiger partial charge in [-0.15, -0.1) is 11.3 Å². The Labute approximate surface area is 162 Å². The van der Waals surface area contributed by atoms with Crippen LogP contribution in [0.3, 0.4) is 0 Å². The van der Waals surface area contributed by atoms with E-state index in [0.717, 1.165) is 15.1 Å². The van der Waals surface area contributed by atoms with Crippen LogP contribution in [0.5, 0.6) is 0 Å². The number of carbonyl (C=O) groups excluding carboxylic acids is 2. The molecule has 5 nitrogen and oxygen atoms in total. The monoisotopic (exact) mass is 406 g/mol. The average molecular weight is 407 g/mol. The standard InChI is InChI=1S/C18H15ClN2O3S2/c1-2-24-17(23)11-21-14-7-5-12(19)10-15(14)26-18(21)20-16(22)8-6-13-4-3-9-25-13/h3-10H,2,11H2,1H3/b8-6+,20-18?. The molecule has 0 aliphatic rings. The van der Waals surface area contributed by atoms with Crippen LogP contribution in [0.15, 0.2) is 46.8 Å². The molecule has 0 saturated heterocycles. The Hall–Kier alpha value is -2.22. The van der Waals surface area contributed by atoms with Gasteiger partial charge in [-0.25, -0.2) is 0 Å². The molecule has 0 spiro atoms. The van der Waals surface area contributed by atoms with Gasteiger partial charge in [0.1, 0.15) is 6.54 Å². The number of esters is 1. The highest BCUT2D eigenvalue weighted by Crippen LogP contribution is 2.22. The van der Waals surface area contributed by atoms with Crippen molar-refractivity contribution in [3.05, 3.63) is 56.5 Å². The number of carbonyl (C=O) groups is 2. The number of thiophene rings is 1. The molecule has 0 fully saturated rings. The first kappa shape index (κ1) is 18.6. The average Bonchev–Trinajstić information content (AvgIpc) is 3.22. The molecule has 1 amide bonds. The molecule has 0 N–H and O–H groups in total. The molecule has 0 atom stereocenters. The Kier molecular flexibility index (Phi) is 6.03. The predicted molar refractivity (Wildman–Crippen MR) is 105 cm³/mol. The largest absolute Gasteiger partial charge is 0.465 e. The minimum atomic E-state index is -0.395. The quantitative estimate of drug-likeness (QED) is 0.473. The lowest BCUT2D eigenvalue weighted by Gasteiger charge is -2.04. The zero-order valence-electron chi connectivity index (χ0n) is 13.8. The van der Waals surface area contributed by atoms with E-state index in [9.17, 15) is 9.59 Å². The Morgan fingerprint density at radius 1 is 1.35 bits per heavy atom. The van der Waals surface area contributed by atoms with Crippen LogP contribution in [0.25, 0.3) is 16.3 Å². The second-order valence-electron chi connectivity index (χ2n) is 5.19. The van der Waals surface area contributed by atoms with Crippen LogP contribution in [0.4, 0.5) is 0 Å². The van der Waals surface area contributed by atoms with E-state index < -0.39 is 5.91 Å². The number of aromatic nitrogens is 1. The molecule has 0 bridgehead atoms. The normalized spacial score (nSPS) is 12.2. The van der Waals surface area contributed by atoms with Gasteiger partial charge in [0.2, 0.25) is 0 Å². The van der Waals surface area contributed by atoms with E-state index in [0.29, 0.717) is 16.4 Å². The summed E-state index contributed by atoms with van der Waals surface area (Å²) in [6, 6.07) is 9.15. The minimum absolute atomic E-state index is 0.0176. The third-order valence-corrected chi connectivity index (χ3v) is 5.49. The number of hydrogen-bond acceptors (Lipinski definition) is 5. The van der Waals surface area contributed by atoms with Gasteiger partial charge in [0.15, 0.2) is 4.80 Å². The fourth-order valence-corrected chi connectivity index (χ4v) is 4.22. The molecule has 0 aliphatic heterocycles. The van der Waals surface area contributed by atoms with Crippen molar-refractivity contribution < 1.29 is 14.3 Å². The number of halogens is 1. The number of benzene rings is 1. The fourth-order valence-electron chi connectivity index (χ4n) is 2.29. The van der Waals surface area contributed by atoms with Crippen molar-refractivity contribution in [2.24, 2.45) is 4.99 Å². The van der Waals surface area contributed by atoms with Crippen molar-refractivity contribution in [1.29, 1.82) is 0 Å². The van der Waals surface area contributed by atoms with Crippen LogP contribution in [-0.2, 0) is 20.9 Å². The Bertz CT molecular complexity index is 1030. The van der Waals surface area contributed by atoms with Crippen LogP contribution >= 0.6 is 34.3 Å². The van der Waals surface area contributed by atoms with Gasteiger partial charge in [-0.05, 0) is 42.6 Å². The zero-order valence-corrected chi connectivity index (χ0v) is 16.2. The highest BCUT2D eigenvalue weighted by Gasteiger charge is 2.12. The number of ether oxygens (including phenoxy) is 1. The first-order chi connectivity index (χ1) is 12.6. The van der Waals surface area contributed by atoms with E-state index in [4.69, 9.17) is 16.3 Å². The maximum atomic E-state index is 12.2. The predicted octanol–water partition coefficient (Wildman–Crippen LogP) is 4.12. The smallest absolute Gasteiger partial charge is 0.326 e. The molecule has 26 heavy (non-hydrogen) atoms. The SMILES string of the molecule is CCOC(=O)Cn1c(=NC(=O)/C=C/c2cccs2)sc2cc(Cl)ccc21. The summed E-state index contributed by atoms with van der Waals surface area (Å²) in [4.78, 5) is 29.7. The Morgan fingerprint density at radius 2 is 2.19 bits per heavy atom. The molecule has 0 unspecified atom stereocenters. The summed E-state index contributed by atoms with van der Waals surface area (Å²) < 4.78 is 7.54. The van der Waals surface area contributed by atoms with Crippen molar-refractivity contribution in [3.8, 4) is 0 Å². The molecule has 2 aromatic heterocycles. The van der Waals surface area contributed by atoms with E-state index in [1.807, 2.05) is 17.5 Å². The maximum absolute atomic E-state index is 12.2. The van der Waals surface area contributed by atoms with Crippen molar-refractivity contribution >= 4 is 62.4 Å². The lowest BCUT2D eigenvalue weighted by molar-refractivity contribution is -0.143. The van der Waals surface area contributed by atoms with Gasteiger partial charge in [0, 0.05) is 16.0 Å². The lowest BCUT2D eigenvalue weighted by Crippen LogP contribution is -2.22. The van der Waals surface area contributed by atoms with E-state index in [1.165, 1.54) is 28.7 Å². The van der Waals surface area contributed by atoms with Gasteiger partial charge in [-0.1, -0.05) is 29.0 Å². The maximum Gasteiger partial charge on any atom is 0.326 e. The molecule has 8 heteroatoms. The van der Waals surface area contributed by atoms with Gasteiger partial charge in [0.05, 0.1) is 16.8 Å². The first-order valence-electron chi connectivity index (χ1n) is 7.81. The number of hydrogen-bond donors (Lipinski definition) is 0. The number of nitrogens with zero attached hydrogens (tertiary/aromatic N) is 2. The number of amides is 1. The molecule has 0 aliphatic carbocycles. The summed E-state index contributed by atoms with van der Waals surface area (Å²) in [5.41, 5.74) is 0.779. The van der Waals surface area contributed by atoms with E-state index in [1.54, 1.807) is 35.8 Å². The third kappa shape index (κ3) is 4.49. The summed E-state index contributed by atoms with van der Waals surface area (Å²) in [6.07, 6.45) is 3.13. The van der Waals surface area contributed by atoms with Gasteiger partial charge < -0.3 is 9.30 Å². The lowest BCUT2D eigenvalue weighted by atomic mass is 10.3. The molecule has 134 valence electrons. The van der Waals surface area contributed by atoms with Gasteiger partial charge in [0.25, 0.3) is 5.91 Å². The number of rotatable bonds is 5. The van der Waals surface area contributed by atoms with Gasteiger partial charge in [-0.3, -0.25) is 9.59 Å². The molecule has 2 heterocycles. The minimum Gasteiger partial charge on any atom is -0.465 e. The number of fused-ring (bicyclic) bond motifs is 1. The molecule has 3 rings (SSSR count). The molecule has 3 aromatic rings. The summed E-state index contributed by atoms with van der Waals surface area (Å²) >= 11 is 8.88. The highest BCUT2D eigenvalue weighted by atomic mass is 35.5. The summed E-state index contributed by atoms with van der Waals surface area (Å²) in [6.45, 7) is 2.02. The van der Waals surface area contributed by atoms with E-state index in [2.05, 4.69) is 4.99 Å². The van der Waals surface area contributed by atoms with Crippen LogP contribution < -0.4 is 4.80 Å². The van der Waals surface area contributed by atoms with Crippen molar-refractivity contribution in [2.45, 2.75) is 13.5 Å². The summed E-state index contributed by atoms with van der Waals surface area (Å²) in [5.74, 6) is -0.779. The van der Waals surface area contributed by atoms with E-state index in [-0.39, 0.29) is 12.5 Å². The Morgan fingerprint density at radius 3 is 2.92 bits per heavy atom. The van der Waals surface area contributed by atoms with Crippen LogP contribution in [-0.4, -0.2) is 23.1 Å². The van der Waals surface area contributed by atoms with Crippen molar-refractivity contribution in [2.75, 3.05) is 6.61 Å². The van der Waals surface area contributed by atoms with Gasteiger partial charge >= 0.3 is 5.97 Å². The second kappa shape index (κ2) is 8.44. The van der Waals surface area contributed by atoms with Gasteiger partial charge in [-0.2, -0.15) is 4.99 Å². The topological polar surface area (TPSA) is 60.7 Å². The Balaban J connectivity index is 1.99. The van der Waals surface area contributed by atoms with E-state index >= 15 is 0 Å². The highest BCUT2D eigenvalue weighted by molar-refractivity contribution is 7.16. The van der Waals surface area contributed by atoms with Crippen LogP contribution in [0.2, 0.25) is 5.02 Å².